The van der Waals surface area contributed by atoms with Gasteiger partial charge in [0.15, 0.2) is 15.6 Å². The van der Waals surface area contributed by atoms with Gasteiger partial charge in [0.2, 0.25) is 0 Å². The van der Waals surface area contributed by atoms with E-state index in [2.05, 4.69) is 0 Å². The minimum atomic E-state index is -3.10. The maximum Gasteiger partial charge on any atom is 0.332 e. The number of carbonyl (C=O) groups excluding carboxylic acids is 1. The number of rotatable bonds is 7. The molecule has 3 rings (SSSR count). The largest absolute Gasteiger partial charge is 0.384 e. The Labute approximate surface area is 174 Å². The number of sulfone groups is 1. The van der Waals surface area contributed by atoms with Gasteiger partial charge in [-0.15, -0.1) is 0 Å². The molecule has 1 unspecified atom stereocenters. The maximum absolute atomic E-state index is 13.0. The number of hydrogen-bond acceptors (Lipinski definition) is 7. The number of anilines is 1. The van der Waals surface area contributed by atoms with E-state index in [-0.39, 0.29) is 48.6 Å². The van der Waals surface area contributed by atoms with Crippen LogP contribution in [0, 0.1) is 0 Å². The van der Waals surface area contributed by atoms with Gasteiger partial charge in [-0.3, -0.25) is 23.6 Å². The molecule has 2 N–H and O–H groups in total. The first-order valence-corrected chi connectivity index (χ1v) is 11.6. The second kappa shape index (κ2) is 8.57. The SMILES string of the molecule is CCn1c(=O)c(C(=O)CN(C)C2CCS(=O)(=O)C2)c(N)n(Cc2ccccc2)c1=O. The molecular formula is C20H26N4O5S. The fourth-order valence-electron chi connectivity index (χ4n) is 3.73. The van der Waals surface area contributed by atoms with Crippen LogP contribution in [0.25, 0.3) is 0 Å². The fourth-order valence-corrected chi connectivity index (χ4v) is 5.54. The van der Waals surface area contributed by atoms with Gasteiger partial charge in [-0.05, 0) is 26.0 Å². The summed E-state index contributed by atoms with van der Waals surface area (Å²) in [7, 11) is -1.45. The number of carbonyl (C=O) groups is 1. The van der Waals surface area contributed by atoms with Crippen LogP contribution in [-0.4, -0.2) is 59.4 Å². The molecule has 1 aliphatic heterocycles. The van der Waals surface area contributed by atoms with E-state index < -0.39 is 26.9 Å². The van der Waals surface area contributed by atoms with Crippen molar-refractivity contribution < 1.29 is 13.2 Å². The van der Waals surface area contributed by atoms with Crippen molar-refractivity contribution in [3.8, 4) is 0 Å². The normalized spacial score (nSPS) is 18.0. The molecule has 2 heterocycles. The van der Waals surface area contributed by atoms with Gasteiger partial charge in [0.25, 0.3) is 5.56 Å². The standard InChI is InChI=1S/C20H26N4O5S/c1-3-23-19(26)17(16(25)12-22(2)15-9-10-30(28,29)13-15)18(21)24(20(23)27)11-14-7-5-4-6-8-14/h4-8,15H,3,9-13,21H2,1-2H3. The van der Waals surface area contributed by atoms with E-state index in [0.717, 1.165) is 10.1 Å². The monoisotopic (exact) mass is 434 g/mol. The minimum absolute atomic E-state index is 0.0149. The van der Waals surface area contributed by atoms with Gasteiger partial charge in [-0.25, -0.2) is 13.2 Å². The smallest absolute Gasteiger partial charge is 0.332 e. The first-order chi connectivity index (χ1) is 14.1. The summed E-state index contributed by atoms with van der Waals surface area (Å²) < 4.78 is 25.7. The van der Waals surface area contributed by atoms with Gasteiger partial charge >= 0.3 is 5.69 Å². The summed E-state index contributed by atoms with van der Waals surface area (Å²) in [6.07, 6.45) is 0.439. The fraction of sp³-hybridized carbons (Fsp3) is 0.450. The first-order valence-electron chi connectivity index (χ1n) is 9.75. The Hall–Kier alpha value is -2.72. The van der Waals surface area contributed by atoms with Gasteiger partial charge in [0.05, 0.1) is 24.6 Å². The molecule has 30 heavy (non-hydrogen) atoms. The molecule has 0 amide bonds. The lowest BCUT2D eigenvalue weighted by molar-refractivity contribution is 0.0924. The van der Waals surface area contributed by atoms with Gasteiger partial charge in [-0.2, -0.15) is 0 Å². The van der Waals surface area contributed by atoms with E-state index in [9.17, 15) is 22.8 Å². The molecule has 0 aliphatic carbocycles. The van der Waals surface area contributed by atoms with Crippen LogP contribution < -0.4 is 17.0 Å². The minimum Gasteiger partial charge on any atom is -0.384 e. The topological polar surface area (TPSA) is 124 Å². The molecule has 1 atom stereocenters. The number of nitrogen functional groups attached to an aromatic ring is 1. The summed E-state index contributed by atoms with van der Waals surface area (Å²) in [5.41, 5.74) is 5.42. The number of benzene rings is 1. The molecule has 1 fully saturated rings. The Morgan fingerprint density at radius 2 is 1.87 bits per heavy atom. The van der Waals surface area contributed by atoms with Crippen LogP contribution in [0.15, 0.2) is 39.9 Å². The molecule has 2 aromatic rings. The number of likely N-dealkylation sites (N-methyl/N-ethyl adjacent to an activating group) is 1. The Bertz CT molecular complexity index is 1170. The predicted molar refractivity (Wildman–Crippen MR) is 115 cm³/mol. The van der Waals surface area contributed by atoms with Crippen molar-refractivity contribution in [1.82, 2.24) is 14.0 Å². The molecule has 1 saturated heterocycles. The molecule has 1 aromatic carbocycles. The molecule has 0 saturated carbocycles. The summed E-state index contributed by atoms with van der Waals surface area (Å²) in [5.74, 6) is -0.633. The van der Waals surface area contributed by atoms with Crippen molar-refractivity contribution in [2.45, 2.75) is 32.5 Å². The third-order valence-electron chi connectivity index (χ3n) is 5.47. The van der Waals surface area contributed by atoms with Crippen LogP contribution >= 0.6 is 0 Å². The zero-order valence-electron chi connectivity index (χ0n) is 17.1. The van der Waals surface area contributed by atoms with Crippen LogP contribution in [0.4, 0.5) is 5.82 Å². The van der Waals surface area contributed by atoms with Crippen molar-refractivity contribution in [3.05, 3.63) is 62.3 Å². The van der Waals surface area contributed by atoms with Crippen LogP contribution in [0.3, 0.4) is 0 Å². The highest BCUT2D eigenvalue weighted by Gasteiger charge is 2.32. The number of hydrogen-bond donors (Lipinski definition) is 1. The molecule has 1 aromatic heterocycles. The summed E-state index contributed by atoms with van der Waals surface area (Å²) in [4.78, 5) is 40.2. The number of Topliss-reactive ketones (excluding diaryl/α,β-unsaturated/α-hetero) is 1. The van der Waals surface area contributed by atoms with Crippen molar-refractivity contribution >= 4 is 21.4 Å². The molecule has 0 spiro atoms. The second-order valence-electron chi connectivity index (χ2n) is 7.56. The Balaban J connectivity index is 1.97. The zero-order valence-corrected chi connectivity index (χ0v) is 17.9. The van der Waals surface area contributed by atoms with E-state index in [1.54, 1.807) is 18.9 Å². The summed E-state index contributed by atoms with van der Waals surface area (Å²) in [5, 5.41) is 0. The lowest BCUT2D eigenvalue weighted by atomic mass is 10.1. The quantitative estimate of drug-likeness (QED) is 0.606. The third kappa shape index (κ3) is 4.39. The van der Waals surface area contributed by atoms with E-state index in [4.69, 9.17) is 5.73 Å². The molecule has 0 radical (unpaired) electrons. The highest BCUT2D eigenvalue weighted by atomic mass is 32.2. The lowest BCUT2D eigenvalue weighted by Gasteiger charge is -2.23. The first kappa shape index (κ1) is 22.0. The van der Waals surface area contributed by atoms with Gasteiger partial charge in [0.1, 0.15) is 11.4 Å². The lowest BCUT2D eigenvalue weighted by Crippen LogP contribution is -2.45. The van der Waals surface area contributed by atoms with Gasteiger partial charge in [0, 0.05) is 12.6 Å². The molecule has 162 valence electrons. The Kier molecular flexibility index (Phi) is 6.27. The third-order valence-corrected chi connectivity index (χ3v) is 7.22. The maximum atomic E-state index is 13.0. The number of ketones is 1. The molecule has 9 nitrogen and oxygen atoms in total. The van der Waals surface area contributed by atoms with Crippen molar-refractivity contribution in [1.29, 1.82) is 0 Å². The summed E-state index contributed by atoms with van der Waals surface area (Å²) in [6, 6.07) is 8.85. The number of aromatic nitrogens is 2. The Morgan fingerprint density at radius 1 is 1.20 bits per heavy atom. The predicted octanol–water partition coefficient (Wildman–Crippen LogP) is -0.0380. The van der Waals surface area contributed by atoms with E-state index >= 15 is 0 Å². The van der Waals surface area contributed by atoms with Gasteiger partial charge < -0.3 is 5.73 Å². The van der Waals surface area contributed by atoms with Crippen LogP contribution in [-0.2, 0) is 22.9 Å². The zero-order chi connectivity index (χ0) is 22.1. The van der Waals surface area contributed by atoms with Crippen LogP contribution in [0.5, 0.6) is 0 Å². The summed E-state index contributed by atoms with van der Waals surface area (Å²) in [6.45, 7) is 1.72. The highest BCUT2D eigenvalue weighted by Crippen LogP contribution is 2.17. The highest BCUT2D eigenvalue weighted by molar-refractivity contribution is 7.91. The molecule has 1 aliphatic rings. The van der Waals surface area contributed by atoms with Crippen molar-refractivity contribution in [2.75, 3.05) is 30.8 Å². The van der Waals surface area contributed by atoms with E-state index in [1.807, 2.05) is 30.3 Å². The van der Waals surface area contributed by atoms with Crippen molar-refractivity contribution in [3.63, 3.8) is 0 Å². The van der Waals surface area contributed by atoms with Crippen molar-refractivity contribution in [2.24, 2.45) is 0 Å². The van der Waals surface area contributed by atoms with Gasteiger partial charge in [-0.1, -0.05) is 30.3 Å². The van der Waals surface area contributed by atoms with E-state index in [1.165, 1.54) is 4.57 Å². The summed E-state index contributed by atoms with van der Waals surface area (Å²) >= 11 is 0. The average Bonchev–Trinajstić information content (AvgIpc) is 3.06. The Morgan fingerprint density at radius 3 is 2.43 bits per heavy atom. The number of nitrogens with two attached hydrogens (primary N) is 1. The van der Waals surface area contributed by atoms with E-state index in [0.29, 0.717) is 6.42 Å². The van der Waals surface area contributed by atoms with Crippen LogP contribution in [0.1, 0.15) is 29.3 Å². The second-order valence-corrected chi connectivity index (χ2v) is 9.79. The average molecular weight is 435 g/mol. The van der Waals surface area contributed by atoms with Crippen LogP contribution in [0.2, 0.25) is 0 Å². The molecule has 0 bridgehead atoms. The number of nitrogens with zero attached hydrogens (tertiary/aromatic N) is 3. The molecule has 10 heteroatoms. The molecular weight excluding hydrogens is 408 g/mol.